The lowest BCUT2D eigenvalue weighted by Gasteiger charge is -2.43. The summed E-state index contributed by atoms with van der Waals surface area (Å²) in [7, 11) is 0. The highest BCUT2D eigenvalue weighted by atomic mass is 19.1. The van der Waals surface area contributed by atoms with Crippen LogP contribution in [0.4, 0.5) is 8.78 Å². The number of pyridine rings is 1. The van der Waals surface area contributed by atoms with E-state index in [0.29, 0.717) is 31.0 Å². The van der Waals surface area contributed by atoms with Gasteiger partial charge in [-0.3, -0.25) is 14.4 Å². The number of aliphatic hydroxyl groups is 1. The molecular weight excluding hydrogens is 526 g/mol. The highest BCUT2D eigenvalue weighted by molar-refractivity contribution is 5.99. The zero-order valence-corrected chi connectivity index (χ0v) is 22.6. The first kappa shape index (κ1) is 27.8. The van der Waals surface area contributed by atoms with Gasteiger partial charge in [-0.25, -0.2) is 8.78 Å². The van der Waals surface area contributed by atoms with Crippen molar-refractivity contribution in [1.29, 1.82) is 0 Å². The van der Waals surface area contributed by atoms with Crippen LogP contribution in [0.3, 0.4) is 0 Å². The van der Waals surface area contributed by atoms with E-state index in [-0.39, 0.29) is 48.3 Å². The van der Waals surface area contributed by atoms with E-state index in [0.717, 1.165) is 12.5 Å². The second kappa shape index (κ2) is 10.6. The van der Waals surface area contributed by atoms with E-state index in [1.54, 1.807) is 11.8 Å². The third kappa shape index (κ3) is 4.53. The Morgan fingerprint density at radius 2 is 2.10 bits per heavy atom. The molecule has 2 amide bonds. The van der Waals surface area contributed by atoms with Gasteiger partial charge in [0.25, 0.3) is 11.8 Å². The Balaban J connectivity index is 1.61. The van der Waals surface area contributed by atoms with Gasteiger partial charge in [0.15, 0.2) is 17.0 Å². The highest BCUT2D eigenvalue weighted by Crippen LogP contribution is 2.46. The number of ether oxygens (including phenoxy) is 1. The first-order valence-corrected chi connectivity index (χ1v) is 13.4. The van der Waals surface area contributed by atoms with Crippen LogP contribution in [-0.2, 0) is 11.4 Å². The SMILES string of the molecule is CCCCOc1c2n(cc(C(=O)NCc3ccc(F)cc3F)c1=O)[C@@H]1CN(C2=O)[C@@H](C)CC[C@]12ON=C(C)C2O. The van der Waals surface area contributed by atoms with Gasteiger partial charge < -0.3 is 29.5 Å². The smallest absolute Gasteiger partial charge is 0.274 e. The molecule has 1 spiro atoms. The van der Waals surface area contributed by atoms with Crippen molar-refractivity contribution in [2.24, 2.45) is 5.16 Å². The molecule has 10 nitrogen and oxygen atoms in total. The van der Waals surface area contributed by atoms with Crippen LogP contribution in [0.15, 0.2) is 34.3 Å². The fourth-order valence-electron chi connectivity index (χ4n) is 5.67. The maximum Gasteiger partial charge on any atom is 0.274 e. The van der Waals surface area contributed by atoms with Crippen LogP contribution in [0.25, 0.3) is 0 Å². The summed E-state index contributed by atoms with van der Waals surface area (Å²) in [5, 5.41) is 17.8. The van der Waals surface area contributed by atoms with E-state index in [1.807, 2.05) is 13.8 Å². The van der Waals surface area contributed by atoms with Gasteiger partial charge in [0.05, 0.1) is 18.4 Å². The minimum atomic E-state index is -1.23. The van der Waals surface area contributed by atoms with Gasteiger partial charge in [-0.05, 0) is 39.2 Å². The minimum absolute atomic E-state index is 0.0213. The lowest BCUT2D eigenvalue weighted by molar-refractivity contribution is -0.114. The Hall–Kier alpha value is -3.80. The number of nitrogens with one attached hydrogen (secondary N) is 1. The Morgan fingerprint density at radius 3 is 2.77 bits per heavy atom. The van der Waals surface area contributed by atoms with E-state index in [9.17, 15) is 28.3 Å². The Labute approximate surface area is 229 Å². The quantitative estimate of drug-likeness (QED) is 0.504. The lowest BCUT2D eigenvalue weighted by atomic mass is 9.82. The van der Waals surface area contributed by atoms with Crippen molar-refractivity contribution in [3.05, 3.63) is 63.1 Å². The Bertz CT molecular complexity index is 1440. The number of unbranched alkanes of at least 4 members (excludes halogenated alkanes) is 1. The molecule has 0 saturated carbocycles. The molecule has 2 aromatic rings. The van der Waals surface area contributed by atoms with E-state index < -0.39 is 46.6 Å². The molecular formula is C28H32F2N4O6. The molecule has 1 unspecified atom stereocenters. The standard InChI is InChI=1S/C28H32F2N4O6/c1-4-5-10-39-24-22-27(38)33-14-21(28(9-8-15(33)2)25(36)16(3)32-40-28)34(22)13-19(23(24)35)26(37)31-12-17-6-7-18(29)11-20(17)30/h6-7,11,13,15,21,25,36H,4-5,8-10,12,14H2,1-3H3,(H,31,37)/t15-,21+,25?,28-/m0/s1. The van der Waals surface area contributed by atoms with Gasteiger partial charge in [0, 0.05) is 37.0 Å². The molecule has 1 saturated heterocycles. The number of halogens is 2. The third-order valence-electron chi connectivity index (χ3n) is 8.07. The fraction of sp³-hybridized carbons (Fsp3) is 0.500. The number of rotatable bonds is 7. The molecule has 5 rings (SSSR count). The maximum absolute atomic E-state index is 14.2. The van der Waals surface area contributed by atoms with Crippen molar-refractivity contribution < 1.29 is 33.1 Å². The summed E-state index contributed by atoms with van der Waals surface area (Å²) in [5.74, 6) is -3.10. The number of fused-ring (bicyclic) bond motifs is 5. The number of aromatic nitrogens is 1. The van der Waals surface area contributed by atoms with E-state index in [2.05, 4.69) is 10.5 Å². The molecule has 0 radical (unpaired) electrons. The van der Waals surface area contributed by atoms with Crippen molar-refractivity contribution in [3.63, 3.8) is 0 Å². The third-order valence-corrected chi connectivity index (χ3v) is 8.07. The van der Waals surface area contributed by atoms with Gasteiger partial charge >= 0.3 is 0 Å². The van der Waals surface area contributed by atoms with Crippen molar-refractivity contribution in [2.75, 3.05) is 13.2 Å². The molecule has 3 aliphatic heterocycles. The molecule has 40 heavy (non-hydrogen) atoms. The average Bonchev–Trinajstić information content (AvgIpc) is 3.13. The van der Waals surface area contributed by atoms with Crippen molar-refractivity contribution >= 4 is 17.5 Å². The summed E-state index contributed by atoms with van der Waals surface area (Å²) in [6, 6.07) is 2.06. The largest absolute Gasteiger partial charge is 0.487 e. The number of aliphatic hydroxyl groups excluding tert-OH is 1. The van der Waals surface area contributed by atoms with Gasteiger partial charge in [0.2, 0.25) is 5.43 Å². The number of hydrogen-bond acceptors (Lipinski definition) is 7. The van der Waals surface area contributed by atoms with Gasteiger partial charge in [0.1, 0.15) is 23.3 Å². The molecule has 3 aliphatic rings. The van der Waals surface area contributed by atoms with Gasteiger partial charge in [-0.2, -0.15) is 0 Å². The van der Waals surface area contributed by atoms with Crippen LogP contribution in [0.5, 0.6) is 5.75 Å². The predicted molar refractivity (Wildman–Crippen MR) is 140 cm³/mol. The van der Waals surface area contributed by atoms with Crippen LogP contribution >= 0.6 is 0 Å². The highest BCUT2D eigenvalue weighted by Gasteiger charge is 2.58. The molecule has 0 aliphatic carbocycles. The zero-order chi connectivity index (χ0) is 28.8. The lowest BCUT2D eigenvalue weighted by Crippen LogP contribution is -2.56. The van der Waals surface area contributed by atoms with Crippen molar-refractivity contribution in [1.82, 2.24) is 14.8 Å². The Kier molecular flexibility index (Phi) is 7.38. The second-order valence-electron chi connectivity index (χ2n) is 10.6. The average molecular weight is 559 g/mol. The number of amides is 2. The molecule has 214 valence electrons. The van der Waals surface area contributed by atoms with E-state index in [4.69, 9.17) is 9.57 Å². The molecule has 4 heterocycles. The number of benzene rings is 1. The summed E-state index contributed by atoms with van der Waals surface area (Å²) in [5.41, 5.74) is -1.94. The topological polar surface area (TPSA) is 122 Å². The summed E-state index contributed by atoms with van der Waals surface area (Å²) < 4.78 is 34.9. The normalized spacial score (nSPS) is 25.2. The van der Waals surface area contributed by atoms with Gasteiger partial charge in [-0.1, -0.05) is 24.6 Å². The van der Waals surface area contributed by atoms with Crippen LogP contribution < -0.4 is 15.5 Å². The molecule has 4 atom stereocenters. The first-order chi connectivity index (χ1) is 19.1. The number of hydrogen-bond donors (Lipinski definition) is 2. The molecule has 2 N–H and O–H groups in total. The Morgan fingerprint density at radius 1 is 1.32 bits per heavy atom. The molecule has 1 aromatic carbocycles. The monoisotopic (exact) mass is 558 g/mol. The maximum atomic E-state index is 14.2. The minimum Gasteiger partial charge on any atom is -0.487 e. The van der Waals surface area contributed by atoms with Gasteiger partial charge in [-0.15, -0.1) is 0 Å². The predicted octanol–water partition coefficient (Wildman–Crippen LogP) is 2.92. The number of oxime groups is 1. The van der Waals surface area contributed by atoms with E-state index >= 15 is 0 Å². The summed E-state index contributed by atoms with van der Waals surface area (Å²) in [6.07, 6.45) is 2.47. The van der Waals surface area contributed by atoms with Crippen LogP contribution in [-0.4, -0.2) is 63.0 Å². The number of carbonyl (C=O) groups excluding carboxylic acids is 2. The summed E-state index contributed by atoms with van der Waals surface area (Å²) >= 11 is 0. The molecule has 12 heteroatoms. The second-order valence-corrected chi connectivity index (χ2v) is 10.6. The summed E-state index contributed by atoms with van der Waals surface area (Å²) in [4.78, 5) is 48.3. The van der Waals surface area contributed by atoms with Crippen LogP contribution in [0.1, 0.15) is 78.9 Å². The van der Waals surface area contributed by atoms with Crippen molar-refractivity contribution in [3.8, 4) is 5.75 Å². The summed E-state index contributed by atoms with van der Waals surface area (Å²) in [6.45, 7) is 5.49. The molecule has 1 aromatic heterocycles. The number of nitrogens with zero attached hydrogens (tertiary/aromatic N) is 3. The zero-order valence-electron chi connectivity index (χ0n) is 22.6. The molecule has 2 bridgehead atoms. The molecule has 1 fully saturated rings. The van der Waals surface area contributed by atoms with Crippen LogP contribution in [0.2, 0.25) is 0 Å². The fourth-order valence-corrected chi connectivity index (χ4v) is 5.67. The first-order valence-electron chi connectivity index (χ1n) is 13.4. The van der Waals surface area contributed by atoms with E-state index in [1.165, 1.54) is 16.8 Å². The van der Waals surface area contributed by atoms with Crippen molar-refractivity contribution in [2.45, 2.75) is 76.8 Å². The van der Waals surface area contributed by atoms with Crippen LogP contribution in [0, 0.1) is 11.6 Å². The number of carbonyl (C=O) groups is 2.